The van der Waals surface area contributed by atoms with Crippen LogP contribution in [0.2, 0.25) is 0 Å². The lowest BCUT2D eigenvalue weighted by atomic mass is 10.2. The molecule has 27 heavy (non-hydrogen) atoms. The minimum absolute atomic E-state index is 0.187. The number of ether oxygens (including phenoxy) is 1. The number of hydrogen-bond donors (Lipinski definition) is 1. The van der Waals surface area contributed by atoms with Crippen LogP contribution in [0.15, 0.2) is 60.7 Å². The van der Waals surface area contributed by atoms with Crippen molar-refractivity contribution in [2.75, 3.05) is 26.2 Å². The van der Waals surface area contributed by atoms with Crippen molar-refractivity contribution in [1.29, 1.82) is 0 Å². The summed E-state index contributed by atoms with van der Waals surface area (Å²) in [4.78, 5) is 21.6. The van der Waals surface area contributed by atoms with Gasteiger partial charge in [0, 0.05) is 31.7 Å². The monoisotopic (exact) mass is 386 g/mol. The van der Waals surface area contributed by atoms with Crippen LogP contribution in [0.25, 0.3) is 0 Å². The van der Waals surface area contributed by atoms with E-state index in [0.29, 0.717) is 5.56 Å². The Labute approximate surface area is 158 Å². The number of benzene rings is 2. The minimum atomic E-state index is -2.88. The van der Waals surface area contributed by atoms with Gasteiger partial charge in [-0.15, -0.1) is 0 Å². The molecule has 2 saturated heterocycles. The first-order chi connectivity index (χ1) is 13.1. The lowest BCUT2D eigenvalue weighted by Gasteiger charge is -2.20. The number of carbonyl (C=O) groups excluding carboxylic acids is 2. The van der Waals surface area contributed by atoms with Gasteiger partial charge >= 0.3 is 13.7 Å². The third kappa shape index (κ3) is 5.76. The first kappa shape index (κ1) is 19.3. The van der Waals surface area contributed by atoms with E-state index < -0.39 is 13.7 Å². The maximum absolute atomic E-state index is 12.6. The van der Waals surface area contributed by atoms with Gasteiger partial charge in [-0.25, -0.2) is 19.2 Å². The highest BCUT2D eigenvalue weighted by Crippen LogP contribution is 2.56. The number of nitrogens with zero attached hydrogens (tertiary/aromatic N) is 2. The van der Waals surface area contributed by atoms with Crippen molar-refractivity contribution in [3.05, 3.63) is 71.8 Å². The van der Waals surface area contributed by atoms with Crippen molar-refractivity contribution in [1.82, 2.24) is 14.4 Å². The smallest absolute Gasteiger partial charge is 0.414 e. The lowest BCUT2D eigenvalue weighted by Crippen LogP contribution is -2.27. The lowest BCUT2D eigenvalue weighted by molar-refractivity contribution is 0.145. The van der Waals surface area contributed by atoms with E-state index in [1.54, 1.807) is 39.9 Å². The number of rotatable bonds is 6. The Kier molecular flexibility index (Phi) is 6.40. The van der Waals surface area contributed by atoms with E-state index in [1.807, 2.05) is 36.4 Å². The Morgan fingerprint density at radius 2 is 1.48 bits per heavy atom. The van der Waals surface area contributed by atoms with E-state index >= 15 is 0 Å². The molecule has 4 rings (SSSR count). The molecule has 0 atom stereocenters. The van der Waals surface area contributed by atoms with E-state index in [4.69, 9.17) is 4.74 Å². The van der Waals surface area contributed by atoms with E-state index in [0.717, 1.165) is 31.7 Å². The predicted molar refractivity (Wildman–Crippen MR) is 102 cm³/mol. The fourth-order valence-electron chi connectivity index (χ4n) is 2.33. The molecule has 0 saturated carbocycles. The first-order valence-corrected chi connectivity index (χ1v) is 10.3. The van der Waals surface area contributed by atoms with Gasteiger partial charge in [-0.2, -0.15) is 0 Å². The molecule has 0 aromatic heterocycles. The maximum atomic E-state index is 12.6. The van der Waals surface area contributed by atoms with Crippen LogP contribution in [-0.2, 0) is 20.7 Å². The van der Waals surface area contributed by atoms with Crippen molar-refractivity contribution >= 4 is 20.0 Å². The standard InChI is InChI=1S/C12H16N3O3P.C7H5O/c16-12(18-10-11-4-2-1-3-5-11)13-19(17,14-6-7-14)15-8-9-15;8-6-7-4-2-1-3-5-7/h1-5H,6-10H2,(H,13,16,17);1-5H. The zero-order valence-electron chi connectivity index (χ0n) is 14.8. The van der Waals surface area contributed by atoms with E-state index in [1.165, 1.54) is 0 Å². The van der Waals surface area contributed by atoms with Crippen molar-refractivity contribution in [3.63, 3.8) is 0 Å². The summed E-state index contributed by atoms with van der Waals surface area (Å²) in [5.74, 6) is 0. The highest BCUT2D eigenvalue weighted by Gasteiger charge is 2.49. The van der Waals surface area contributed by atoms with Gasteiger partial charge in [0.2, 0.25) is 6.29 Å². The molecule has 0 spiro atoms. The van der Waals surface area contributed by atoms with Crippen LogP contribution < -0.4 is 5.09 Å². The van der Waals surface area contributed by atoms with Gasteiger partial charge in [0.15, 0.2) is 0 Å². The SMILES string of the molecule is O=C(NP(=O)(N1CC1)N1CC1)OCc1ccccc1.O=[C]c1ccccc1. The average Bonchev–Trinajstić information content (AvgIpc) is 3.60. The zero-order chi connectivity index (χ0) is 19.1. The summed E-state index contributed by atoms with van der Waals surface area (Å²) in [6.07, 6.45) is 1.16. The molecule has 2 aromatic rings. The van der Waals surface area contributed by atoms with Crippen LogP contribution in [0.4, 0.5) is 4.79 Å². The fraction of sp³-hybridized carbons (Fsp3) is 0.263. The van der Waals surface area contributed by atoms with Crippen LogP contribution in [0.5, 0.6) is 0 Å². The van der Waals surface area contributed by atoms with E-state index in [2.05, 4.69) is 5.09 Å². The van der Waals surface area contributed by atoms with Crippen molar-refractivity contribution in [2.24, 2.45) is 0 Å². The third-order valence-corrected chi connectivity index (χ3v) is 6.76. The summed E-state index contributed by atoms with van der Waals surface area (Å²) in [5.41, 5.74) is 1.51. The second-order valence-electron chi connectivity index (χ2n) is 6.09. The largest absolute Gasteiger partial charge is 0.444 e. The first-order valence-electron chi connectivity index (χ1n) is 8.65. The maximum Gasteiger partial charge on any atom is 0.414 e. The second kappa shape index (κ2) is 8.95. The summed E-state index contributed by atoms with van der Waals surface area (Å²) in [7, 11) is -2.88. The van der Waals surface area contributed by atoms with Gasteiger partial charge in [-0.05, 0) is 5.56 Å². The minimum Gasteiger partial charge on any atom is -0.444 e. The topological polar surface area (TPSA) is 78.5 Å². The Morgan fingerprint density at radius 1 is 0.963 bits per heavy atom. The van der Waals surface area contributed by atoms with Crippen LogP contribution in [0.3, 0.4) is 0 Å². The molecular weight excluding hydrogens is 365 g/mol. The van der Waals surface area contributed by atoms with Gasteiger partial charge in [0.1, 0.15) is 6.61 Å². The molecule has 2 aromatic carbocycles. The molecule has 8 heteroatoms. The van der Waals surface area contributed by atoms with E-state index in [9.17, 15) is 14.2 Å². The summed E-state index contributed by atoms with van der Waals surface area (Å²) in [6, 6.07) is 18.3. The molecule has 1 amide bonds. The zero-order valence-corrected chi connectivity index (χ0v) is 15.7. The van der Waals surface area contributed by atoms with Crippen molar-refractivity contribution in [2.45, 2.75) is 6.61 Å². The molecular formula is C19H21N3O4P. The Morgan fingerprint density at radius 3 is 1.93 bits per heavy atom. The highest BCUT2D eigenvalue weighted by atomic mass is 31.2. The quantitative estimate of drug-likeness (QED) is 0.608. The van der Waals surface area contributed by atoms with Crippen molar-refractivity contribution in [3.8, 4) is 0 Å². The second-order valence-corrected chi connectivity index (χ2v) is 8.54. The van der Waals surface area contributed by atoms with Crippen LogP contribution in [0, 0.1) is 0 Å². The molecule has 0 unspecified atom stereocenters. The molecule has 1 N–H and O–H groups in total. The predicted octanol–water partition coefficient (Wildman–Crippen LogP) is 2.80. The Bertz CT molecular complexity index is 792. The van der Waals surface area contributed by atoms with Gasteiger partial charge < -0.3 is 4.74 Å². The normalized spacial score (nSPS) is 15.9. The molecule has 7 nitrogen and oxygen atoms in total. The molecule has 2 aliphatic rings. The molecule has 1 radical (unpaired) electrons. The van der Waals surface area contributed by atoms with Gasteiger partial charge in [0.25, 0.3) is 0 Å². The highest BCUT2D eigenvalue weighted by molar-refractivity contribution is 7.58. The van der Waals surface area contributed by atoms with Gasteiger partial charge in [-0.1, -0.05) is 60.7 Å². The summed E-state index contributed by atoms with van der Waals surface area (Å²) >= 11 is 0. The molecule has 2 fully saturated rings. The number of nitrogens with one attached hydrogen (secondary N) is 1. The molecule has 0 bridgehead atoms. The van der Waals surface area contributed by atoms with Crippen LogP contribution in [-0.4, -0.2) is 47.9 Å². The Balaban J connectivity index is 0.000000221. The molecule has 141 valence electrons. The summed E-state index contributed by atoms with van der Waals surface area (Å²) < 4.78 is 21.3. The molecule has 0 aliphatic carbocycles. The summed E-state index contributed by atoms with van der Waals surface area (Å²) in [6.45, 7) is 3.27. The van der Waals surface area contributed by atoms with Crippen LogP contribution >= 0.6 is 7.59 Å². The van der Waals surface area contributed by atoms with Gasteiger partial charge in [-0.3, -0.25) is 9.36 Å². The summed E-state index contributed by atoms with van der Waals surface area (Å²) in [5, 5.41) is 2.53. The number of carbonyl (C=O) groups is 1. The number of amides is 1. The molecule has 2 aliphatic heterocycles. The average molecular weight is 386 g/mol. The third-order valence-electron chi connectivity index (χ3n) is 3.96. The number of hydrogen-bond acceptors (Lipinski definition) is 4. The fourth-order valence-corrected chi connectivity index (χ4v) is 4.54. The Hall–Kier alpha value is -2.47. The van der Waals surface area contributed by atoms with Crippen molar-refractivity contribution < 1.29 is 18.9 Å². The van der Waals surface area contributed by atoms with E-state index in [-0.39, 0.29) is 6.61 Å². The van der Waals surface area contributed by atoms with Gasteiger partial charge in [0.05, 0.1) is 0 Å². The van der Waals surface area contributed by atoms with Crippen LogP contribution in [0.1, 0.15) is 11.1 Å². The molecule has 2 heterocycles.